The van der Waals surface area contributed by atoms with Gasteiger partial charge in [0.2, 0.25) is 5.91 Å². The van der Waals surface area contributed by atoms with Crippen LogP contribution in [0.4, 0.5) is 11.4 Å². The third kappa shape index (κ3) is 3.12. The first-order valence-corrected chi connectivity index (χ1v) is 14.0. The molecule has 7 rings (SSSR count). The number of rotatable bonds is 4. The zero-order valence-electron chi connectivity index (χ0n) is 20.0. The van der Waals surface area contributed by atoms with Crippen molar-refractivity contribution >= 4 is 62.2 Å². The summed E-state index contributed by atoms with van der Waals surface area (Å²) in [5.74, 6) is -1.57. The maximum atomic E-state index is 14.5. The van der Waals surface area contributed by atoms with E-state index in [1.165, 1.54) is 11.3 Å². The highest BCUT2D eigenvalue weighted by Crippen LogP contribution is 2.58. The molecule has 4 atom stereocenters. The average Bonchev–Trinajstić information content (AvgIpc) is 3.65. The molecule has 3 aliphatic heterocycles. The minimum atomic E-state index is -1.28. The number of nitrogens with zero attached hydrogens (tertiary/aromatic N) is 1. The summed E-state index contributed by atoms with van der Waals surface area (Å²) in [6.45, 7) is 0. The quantitative estimate of drug-likeness (QED) is 0.285. The fourth-order valence-electron chi connectivity index (χ4n) is 6.48. The van der Waals surface area contributed by atoms with Crippen LogP contribution >= 0.6 is 27.3 Å². The minimum Gasteiger partial charge on any atom is -0.352 e. The molecule has 38 heavy (non-hydrogen) atoms. The third-order valence-electron chi connectivity index (χ3n) is 7.99. The molecule has 7 heteroatoms. The van der Waals surface area contributed by atoms with Gasteiger partial charge in [-0.25, -0.2) is 0 Å². The predicted octanol–water partition coefficient (Wildman–Crippen LogP) is 6.37. The van der Waals surface area contributed by atoms with E-state index in [9.17, 15) is 14.4 Å². The van der Waals surface area contributed by atoms with Gasteiger partial charge in [-0.15, -0.1) is 11.3 Å². The standard InChI is InChI=1S/C31H21BrN2O3S/c32-20-14-11-19(12-15-20)28(35)27-26(29(36)24-10-5-17-38-24)31(21-7-2-3-8-22(21)33-30(31)37)25-16-13-18-6-1-4-9-23(18)34(25)27/h1-17,25-27H,(H,33,37)/t25-,26+,27-,31-/m0/s1. The Balaban J connectivity index is 1.54. The number of benzene rings is 3. The number of carbonyl (C=O) groups is 3. The summed E-state index contributed by atoms with van der Waals surface area (Å²) in [7, 11) is 0. The van der Waals surface area contributed by atoms with Gasteiger partial charge >= 0.3 is 0 Å². The van der Waals surface area contributed by atoms with Gasteiger partial charge in [-0.3, -0.25) is 14.4 Å². The predicted molar refractivity (Wildman–Crippen MR) is 153 cm³/mol. The number of para-hydroxylation sites is 2. The van der Waals surface area contributed by atoms with E-state index in [1.807, 2.05) is 89.2 Å². The summed E-state index contributed by atoms with van der Waals surface area (Å²) >= 11 is 4.79. The number of anilines is 2. The molecular weight excluding hydrogens is 560 g/mol. The number of amides is 1. The molecule has 1 spiro atoms. The summed E-state index contributed by atoms with van der Waals surface area (Å²) in [6, 6.07) is 24.8. The van der Waals surface area contributed by atoms with Gasteiger partial charge < -0.3 is 10.2 Å². The van der Waals surface area contributed by atoms with Gasteiger partial charge in [0.1, 0.15) is 11.5 Å². The fraction of sp³-hybridized carbons (Fsp3) is 0.129. The number of Topliss-reactive ketones (excluding diaryl/α,β-unsaturated/α-hetero) is 2. The highest BCUT2D eigenvalue weighted by Gasteiger charge is 2.70. The molecule has 0 bridgehead atoms. The molecule has 0 unspecified atom stereocenters. The van der Waals surface area contributed by atoms with Crippen molar-refractivity contribution in [3.8, 4) is 0 Å². The number of thiophene rings is 1. The first kappa shape index (κ1) is 23.3. The van der Waals surface area contributed by atoms with E-state index in [-0.39, 0.29) is 17.5 Å². The zero-order valence-corrected chi connectivity index (χ0v) is 22.4. The van der Waals surface area contributed by atoms with E-state index >= 15 is 0 Å². The molecule has 4 aromatic rings. The first-order chi connectivity index (χ1) is 18.5. The Bertz CT molecular complexity index is 1650. The monoisotopic (exact) mass is 580 g/mol. The lowest BCUT2D eigenvalue weighted by Gasteiger charge is -2.37. The maximum absolute atomic E-state index is 14.5. The maximum Gasteiger partial charge on any atom is 0.238 e. The molecule has 5 nitrogen and oxygen atoms in total. The highest BCUT2D eigenvalue weighted by molar-refractivity contribution is 9.10. The van der Waals surface area contributed by atoms with Crippen LogP contribution in [0.1, 0.15) is 31.2 Å². The second kappa shape index (κ2) is 8.61. The van der Waals surface area contributed by atoms with E-state index in [4.69, 9.17) is 0 Å². The van der Waals surface area contributed by atoms with Gasteiger partial charge in [0.25, 0.3) is 0 Å². The molecule has 0 aliphatic carbocycles. The SMILES string of the molecule is O=C(c1ccc(Br)cc1)[C@@H]1[C@H](C(=O)c2cccs2)[C@@]2(C(=O)Nc3ccccc32)[C@@H]2C=Cc3ccccc3N12. The van der Waals surface area contributed by atoms with Gasteiger partial charge in [-0.05, 0) is 46.8 Å². The van der Waals surface area contributed by atoms with Crippen LogP contribution < -0.4 is 10.2 Å². The molecule has 1 fully saturated rings. The fourth-order valence-corrected chi connectivity index (χ4v) is 7.45. The Hall–Kier alpha value is -3.81. The number of nitrogens with one attached hydrogen (secondary N) is 1. The van der Waals surface area contributed by atoms with E-state index in [1.54, 1.807) is 18.2 Å². The molecule has 1 N–H and O–H groups in total. The molecule has 3 aliphatic rings. The van der Waals surface area contributed by atoms with Crippen molar-refractivity contribution in [2.45, 2.75) is 17.5 Å². The first-order valence-electron chi connectivity index (χ1n) is 12.4. The molecule has 1 aromatic heterocycles. The molecule has 186 valence electrons. The Labute approximate surface area is 231 Å². The third-order valence-corrected chi connectivity index (χ3v) is 9.40. The summed E-state index contributed by atoms with van der Waals surface area (Å²) in [5, 5.41) is 4.91. The van der Waals surface area contributed by atoms with E-state index in [2.05, 4.69) is 21.2 Å². The average molecular weight is 581 g/mol. The molecule has 1 saturated heterocycles. The lowest BCUT2D eigenvalue weighted by Crippen LogP contribution is -2.51. The largest absolute Gasteiger partial charge is 0.352 e. The van der Waals surface area contributed by atoms with Crippen molar-refractivity contribution in [2.24, 2.45) is 5.92 Å². The van der Waals surface area contributed by atoms with Gasteiger partial charge in [0, 0.05) is 21.4 Å². The summed E-state index contributed by atoms with van der Waals surface area (Å²) in [6.07, 6.45) is 4.00. The molecular formula is C31H21BrN2O3S. The van der Waals surface area contributed by atoms with Crippen molar-refractivity contribution in [3.63, 3.8) is 0 Å². The van der Waals surface area contributed by atoms with Crippen LogP contribution in [0, 0.1) is 5.92 Å². The van der Waals surface area contributed by atoms with Crippen molar-refractivity contribution in [1.82, 2.24) is 0 Å². The normalized spacial score (nSPS) is 24.6. The van der Waals surface area contributed by atoms with Gasteiger partial charge in [-0.1, -0.05) is 82.7 Å². The zero-order chi connectivity index (χ0) is 26.0. The number of fused-ring (bicyclic) bond motifs is 6. The Morgan fingerprint density at radius 2 is 1.66 bits per heavy atom. The van der Waals surface area contributed by atoms with Crippen LogP contribution in [0.5, 0.6) is 0 Å². The van der Waals surface area contributed by atoms with Gasteiger partial charge in [-0.2, -0.15) is 0 Å². The highest BCUT2D eigenvalue weighted by atomic mass is 79.9. The Morgan fingerprint density at radius 1 is 0.895 bits per heavy atom. The number of hydrogen-bond acceptors (Lipinski definition) is 5. The summed E-state index contributed by atoms with van der Waals surface area (Å²) in [4.78, 5) is 45.8. The van der Waals surface area contributed by atoms with Crippen molar-refractivity contribution in [2.75, 3.05) is 10.2 Å². The van der Waals surface area contributed by atoms with Crippen molar-refractivity contribution in [3.05, 3.63) is 122 Å². The van der Waals surface area contributed by atoms with E-state index < -0.39 is 23.4 Å². The Kier molecular flexibility index (Phi) is 5.29. The van der Waals surface area contributed by atoms with Crippen molar-refractivity contribution in [1.29, 1.82) is 0 Å². The lowest BCUT2D eigenvalue weighted by molar-refractivity contribution is -0.121. The van der Waals surface area contributed by atoms with E-state index in [0.29, 0.717) is 16.1 Å². The smallest absolute Gasteiger partial charge is 0.238 e. The topological polar surface area (TPSA) is 66.5 Å². The van der Waals surface area contributed by atoms with Crippen LogP contribution in [0.25, 0.3) is 6.08 Å². The van der Waals surface area contributed by atoms with Crippen LogP contribution in [-0.2, 0) is 10.2 Å². The Morgan fingerprint density at radius 3 is 2.45 bits per heavy atom. The molecule has 0 saturated carbocycles. The number of hydrogen-bond donors (Lipinski definition) is 1. The molecule has 4 heterocycles. The number of ketones is 2. The van der Waals surface area contributed by atoms with Gasteiger partial charge in [0.05, 0.1) is 16.8 Å². The minimum absolute atomic E-state index is 0.184. The van der Waals surface area contributed by atoms with Crippen LogP contribution in [0.2, 0.25) is 0 Å². The molecule has 1 amide bonds. The van der Waals surface area contributed by atoms with Crippen LogP contribution in [-0.4, -0.2) is 29.6 Å². The number of halogens is 1. The second-order valence-electron chi connectivity index (χ2n) is 9.77. The molecule has 3 aromatic carbocycles. The van der Waals surface area contributed by atoms with E-state index in [0.717, 1.165) is 21.3 Å². The number of carbonyl (C=O) groups excluding carboxylic acids is 3. The summed E-state index contributed by atoms with van der Waals surface area (Å²) < 4.78 is 0.858. The van der Waals surface area contributed by atoms with Crippen LogP contribution in [0.15, 0.2) is 101 Å². The lowest BCUT2D eigenvalue weighted by atomic mass is 9.64. The van der Waals surface area contributed by atoms with Gasteiger partial charge in [0.15, 0.2) is 11.6 Å². The summed E-state index contributed by atoms with van der Waals surface area (Å²) in [5.41, 5.74) is 2.45. The molecule has 0 radical (unpaired) electrons. The van der Waals surface area contributed by atoms with Crippen LogP contribution in [0.3, 0.4) is 0 Å². The second-order valence-corrected chi connectivity index (χ2v) is 11.6. The van der Waals surface area contributed by atoms with Crippen molar-refractivity contribution < 1.29 is 14.4 Å².